The molecule has 0 bridgehead atoms. The van der Waals surface area contributed by atoms with Crippen LogP contribution < -0.4 is 0 Å². The molecule has 4 aromatic rings. The van der Waals surface area contributed by atoms with Crippen LogP contribution >= 0.6 is 0 Å². The second-order valence-electron chi connectivity index (χ2n) is 8.34. The van der Waals surface area contributed by atoms with Crippen molar-refractivity contribution in [1.82, 2.24) is 29.6 Å². The number of hydrogen-bond acceptors (Lipinski definition) is 4. The summed E-state index contributed by atoms with van der Waals surface area (Å²) in [6.45, 7) is 2.61. The van der Waals surface area contributed by atoms with Crippen molar-refractivity contribution in [3.05, 3.63) is 59.9 Å². The molecule has 7 heteroatoms. The maximum absolute atomic E-state index is 13.4. The Morgan fingerprint density at radius 1 is 1.20 bits per heavy atom. The van der Waals surface area contributed by atoms with E-state index in [-0.39, 0.29) is 11.4 Å². The van der Waals surface area contributed by atoms with Crippen molar-refractivity contribution in [3.8, 4) is 5.95 Å². The van der Waals surface area contributed by atoms with Crippen LogP contribution in [0.3, 0.4) is 0 Å². The van der Waals surface area contributed by atoms with E-state index < -0.39 is 0 Å². The highest BCUT2D eigenvalue weighted by atomic mass is 16.2. The van der Waals surface area contributed by atoms with Crippen molar-refractivity contribution >= 4 is 28.0 Å². The van der Waals surface area contributed by atoms with Crippen LogP contribution in [0.5, 0.6) is 0 Å². The highest BCUT2D eigenvalue weighted by Gasteiger charge is 2.45. The predicted molar refractivity (Wildman–Crippen MR) is 115 cm³/mol. The first-order valence-corrected chi connectivity index (χ1v) is 10.4. The van der Waals surface area contributed by atoms with E-state index in [4.69, 9.17) is 0 Å². The maximum atomic E-state index is 13.4. The number of amides is 1. The Morgan fingerprint density at radius 2 is 2.07 bits per heavy atom. The summed E-state index contributed by atoms with van der Waals surface area (Å²) in [6.07, 6.45) is 10.3. The van der Waals surface area contributed by atoms with Gasteiger partial charge in [0.1, 0.15) is 0 Å². The summed E-state index contributed by atoms with van der Waals surface area (Å²) in [5.74, 6) is 0.680. The van der Waals surface area contributed by atoms with Crippen LogP contribution in [-0.2, 0) is 0 Å². The third-order valence-electron chi connectivity index (χ3n) is 6.59. The molecule has 1 saturated carbocycles. The molecule has 7 nitrogen and oxygen atoms in total. The molecule has 0 radical (unpaired) electrons. The molecule has 1 aromatic carbocycles. The number of nitrogens with one attached hydrogen (secondary N) is 1. The summed E-state index contributed by atoms with van der Waals surface area (Å²) < 4.78 is 1.72. The molecule has 6 rings (SSSR count). The summed E-state index contributed by atoms with van der Waals surface area (Å²) in [6, 6.07) is 9.80. The van der Waals surface area contributed by atoms with Crippen LogP contribution in [0.2, 0.25) is 0 Å². The molecule has 0 saturated heterocycles. The Morgan fingerprint density at radius 3 is 2.87 bits per heavy atom. The Balaban J connectivity index is 1.41. The molecular weight excluding hydrogens is 376 g/mol. The monoisotopic (exact) mass is 398 g/mol. The van der Waals surface area contributed by atoms with Gasteiger partial charge in [-0.1, -0.05) is 24.3 Å². The number of fused-ring (bicyclic) bond motifs is 2. The van der Waals surface area contributed by atoms with Crippen molar-refractivity contribution in [2.75, 3.05) is 6.54 Å². The SMILES string of the molecule is Cc1nn(-c2nc3ccccc3[nH]2)c2ncc(C(=O)N3CC=CCC34CCC4)cc12. The molecule has 3 aromatic heterocycles. The second kappa shape index (κ2) is 6.26. The fraction of sp³-hybridized carbons (Fsp3) is 0.304. The van der Waals surface area contributed by atoms with E-state index in [9.17, 15) is 4.79 Å². The van der Waals surface area contributed by atoms with Gasteiger partial charge in [-0.25, -0.2) is 9.97 Å². The molecule has 0 atom stereocenters. The molecule has 2 aliphatic rings. The molecule has 30 heavy (non-hydrogen) atoms. The van der Waals surface area contributed by atoms with Crippen LogP contribution in [0.15, 0.2) is 48.7 Å². The van der Waals surface area contributed by atoms with Crippen molar-refractivity contribution in [3.63, 3.8) is 0 Å². The highest BCUT2D eigenvalue weighted by Crippen LogP contribution is 2.43. The van der Waals surface area contributed by atoms with E-state index in [1.54, 1.807) is 10.9 Å². The summed E-state index contributed by atoms with van der Waals surface area (Å²) in [7, 11) is 0. The predicted octanol–water partition coefficient (Wildman–Crippen LogP) is 3.93. The first-order chi connectivity index (χ1) is 14.6. The lowest BCUT2D eigenvalue weighted by molar-refractivity contribution is 0.0187. The molecule has 1 aliphatic heterocycles. The largest absolute Gasteiger partial charge is 0.329 e. The molecule has 150 valence electrons. The van der Waals surface area contributed by atoms with Crippen LogP contribution in [0, 0.1) is 6.92 Å². The van der Waals surface area contributed by atoms with Gasteiger partial charge in [0.05, 0.1) is 22.3 Å². The van der Waals surface area contributed by atoms with Gasteiger partial charge in [0.15, 0.2) is 5.65 Å². The number of imidazole rings is 1. The normalized spacial score (nSPS) is 17.7. The Hall–Kier alpha value is -3.48. The zero-order valence-corrected chi connectivity index (χ0v) is 16.8. The molecule has 1 fully saturated rings. The highest BCUT2D eigenvalue weighted by molar-refractivity contribution is 5.98. The lowest BCUT2D eigenvalue weighted by Crippen LogP contribution is -2.57. The van der Waals surface area contributed by atoms with Gasteiger partial charge in [-0.2, -0.15) is 9.78 Å². The standard InChI is InChI=1S/C23H22N6O/c1-15-17-13-16(21(30)28-12-5-4-9-23(28)10-6-11-23)14-24-20(17)29(27-15)22-25-18-7-2-3-8-19(18)26-22/h2-5,7-8,13-14H,6,9-12H2,1H3,(H,25,26). The maximum Gasteiger partial charge on any atom is 0.256 e. The van der Waals surface area contributed by atoms with E-state index in [1.165, 1.54) is 6.42 Å². The zero-order valence-electron chi connectivity index (χ0n) is 16.8. The van der Waals surface area contributed by atoms with Gasteiger partial charge < -0.3 is 9.88 Å². The number of para-hydroxylation sites is 2. The van der Waals surface area contributed by atoms with Gasteiger partial charge in [-0.05, 0) is 50.8 Å². The van der Waals surface area contributed by atoms with Crippen molar-refractivity contribution in [2.45, 2.75) is 38.1 Å². The number of aryl methyl sites for hydroxylation is 1. The number of hydrogen-bond donors (Lipinski definition) is 1. The molecular formula is C23H22N6O. The number of rotatable bonds is 2. The van der Waals surface area contributed by atoms with Gasteiger partial charge in [-0.15, -0.1) is 0 Å². The summed E-state index contributed by atoms with van der Waals surface area (Å²) >= 11 is 0. The quantitative estimate of drug-likeness (QED) is 0.519. The first-order valence-electron chi connectivity index (χ1n) is 10.4. The number of nitrogens with zero attached hydrogens (tertiary/aromatic N) is 5. The number of carbonyl (C=O) groups is 1. The minimum Gasteiger partial charge on any atom is -0.329 e. The lowest BCUT2D eigenvalue weighted by atomic mass is 9.71. The molecule has 1 amide bonds. The Bertz CT molecular complexity index is 1290. The summed E-state index contributed by atoms with van der Waals surface area (Å²) in [5, 5.41) is 5.52. The van der Waals surface area contributed by atoms with Crippen molar-refractivity contribution < 1.29 is 4.79 Å². The van der Waals surface area contributed by atoms with E-state index in [0.717, 1.165) is 41.4 Å². The number of aromatic nitrogens is 5. The molecule has 1 aliphatic carbocycles. The topological polar surface area (TPSA) is 79.7 Å². The van der Waals surface area contributed by atoms with Crippen molar-refractivity contribution in [1.29, 1.82) is 0 Å². The minimum atomic E-state index is 0.00823. The summed E-state index contributed by atoms with van der Waals surface area (Å²) in [5.41, 5.74) is 3.98. The lowest BCUT2D eigenvalue weighted by Gasteiger charge is -2.51. The van der Waals surface area contributed by atoms with Crippen LogP contribution in [0.1, 0.15) is 41.7 Å². The number of carbonyl (C=O) groups excluding carboxylic acids is 1. The van der Waals surface area contributed by atoms with E-state index in [1.807, 2.05) is 42.2 Å². The van der Waals surface area contributed by atoms with Gasteiger partial charge in [0, 0.05) is 23.7 Å². The number of H-pyrrole nitrogens is 1. The third-order valence-corrected chi connectivity index (χ3v) is 6.59. The molecule has 1 spiro atoms. The van der Waals surface area contributed by atoms with Crippen LogP contribution in [0.4, 0.5) is 0 Å². The van der Waals surface area contributed by atoms with Gasteiger partial charge in [0.2, 0.25) is 5.95 Å². The number of pyridine rings is 1. The summed E-state index contributed by atoms with van der Waals surface area (Å²) in [4.78, 5) is 28.0. The van der Waals surface area contributed by atoms with Gasteiger partial charge >= 0.3 is 0 Å². The number of benzene rings is 1. The molecule has 4 heterocycles. The van der Waals surface area contributed by atoms with E-state index in [2.05, 4.69) is 32.2 Å². The van der Waals surface area contributed by atoms with Crippen LogP contribution in [-0.4, -0.2) is 47.6 Å². The van der Waals surface area contributed by atoms with E-state index in [0.29, 0.717) is 23.7 Å². The average molecular weight is 398 g/mol. The first kappa shape index (κ1) is 17.4. The van der Waals surface area contributed by atoms with Gasteiger partial charge in [0.25, 0.3) is 5.91 Å². The fourth-order valence-electron chi connectivity index (χ4n) is 4.75. The zero-order chi connectivity index (χ0) is 20.3. The Labute approximate surface area is 173 Å². The Kier molecular flexibility index (Phi) is 3.63. The number of aromatic amines is 1. The van der Waals surface area contributed by atoms with Crippen LogP contribution in [0.25, 0.3) is 28.0 Å². The van der Waals surface area contributed by atoms with Crippen molar-refractivity contribution in [2.24, 2.45) is 0 Å². The third kappa shape index (κ3) is 2.44. The average Bonchev–Trinajstić information content (AvgIpc) is 3.33. The van der Waals surface area contributed by atoms with Gasteiger partial charge in [-0.3, -0.25) is 4.79 Å². The second-order valence-corrected chi connectivity index (χ2v) is 8.34. The minimum absolute atomic E-state index is 0.00823. The fourth-order valence-corrected chi connectivity index (χ4v) is 4.75. The van der Waals surface area contributed by atoms with E-state index >= 15 is 0 Å². The molecule has 0 unspecified atom stereocenters. The smallest absolute Gasteiger partial charge is 0.256 e. The molecule has 1 N–H and O–H groups in total.